The van der Waals surface area contributed by atoms with Crippen LogP contribution in [0.5, 0.6) is 0 Å². The first-order chi connectivity index (χ1) is 8.34. The standard InChI is InChI=1S/C15H23NOS/c1-12(15(2,3)4)16(5)11-14-9-8-13(18-14)7-6-10-17/h8-9,12,17H,10-11H2,1-5H3. The van der Waals surface area contributed by atoms with Crippen molar-refractivity contribution >= 4 is 11.3 Å². The fourth-order valence-corrected chi connectivity index (χ4v) is 2.65. The van der Waals surface area contributed by atoms with E-state index in [9.17, 15) is 0 Å². The van der Waals surface area contributed by atoms with Gasteiger partial charge >= 0.3 is 0 Å². The molecule has 1 unspecified atom stereocenters. The molecule has 0 spiro atoms. The Kier molecular flexibility index (Phi) is 5.40. The lowest BCUT2D eigenvalue weighted by Crippen LogP contribution is -2.38. The molecule has 1 aromatic heterocycles. The summed E-state index contributed by atoms with van der Waals surface area (Å²) in [6, 6.07) is 4.67. The zero-order chi connectivity index (χ0) is 13.8. The lowest BCUT2D eigenvalue weighted by molar-refractivity contribution is 0.136. The van der Waals surface area contributed by atoms with Gasteiger partial charge in [-0.15, -0.1) is 11.3 Å². The first-order valence-corrected chi connectivity index (χ1v) is 7.05. The van der Waals surface area contributed by atoms with E-state index in [0.29, 0.717) is 6.04 Å². The molecule has 0 fully saturated rings. The summed E-state index contributed by atoms with van der Waals surface area (Å²) in [4.78, 5) is 4.71. The van der Waals surface area contributed by atoms with Gasteiger partial charge in [0.05, 0.1) is 4.88 Å². The Morgan fingerprint density at radius 3 is 2.61 bits per heavy atom. The Morgan fingerprint density at radius 2 is 2.06 bits per heavy atom. The molecular weight excluding hydrogens is 242 g/mol. The molecule has 0 aliphatic heterocycles. The van der Waals surface area contributed by atoms with Crippen LogP contribution in [-0.4, -0.2) is 29.7 Å². The van der Waals surface area contributed by atoms with Crippen LogP contribution in [0, 0.1) is 17.3 Å². The molecule has 0 saturated carbocycles. The van der Waals surface area contributed by atoms with Crippen LogP contribution in [0.2, 0.25) is 0 Å². The molecule has 0 aliphatic carbocycles. The van der Waals surface area contributed by atoms with Crippen molar-refractivity contribution in [2.75, 3.05) is 13.7 Å². The SMILES string of the molecule is CC(N(C)Cc1ccc(C#CCO)s1)C(C)(C)C. The number of nitrogens with zero attached hydrogens (tertiary/aromatic N) is 1. The second-order valence-corrected chi connectivity index (χ2v) is 6.85. The summed E-state index contributed by atoms with van der Waals surface area (Å²) in [6.07, 6.45) is 0. The minimum atomic E-state index is -0.0752. The third-order valence-corrected chi connectivity index (χ3v) is 4.26. The van der Waals surface area contributed by atoms with E-state index in [-0.39, 0.29) is 12.0 Å². The molecule has 100 valence electrons. The number of rotatable bonds is 3. The van der Waals surface area contributed by atoms with Crippen LogP contribution < -0.4 is 0 Å². The predicted octanol–water partition coefficient (Wildman–Crippen LogP) is 2.96. The lowest BCUT2D eigenvalue weighted by atomic mass is 9.87. The average Bonchev–Trinajstić information content (AvgIpc) is 2.71. The van der Waals surface area contributed by atoms with Gasteiger partial charge in [-0.05, 0) is 31.5 Å². The van der Waals surface area contributed by atoms with Crippen molar-refractivity contribution in [3.63, 3.8) is 0 Å². The van der Waals surface area contributed by atoms with Crippen molar-refractivity contribution in [1.29, 1.82) is 0 Å². The Bertz CT molecular complexity index is 433. The smallest absolute Gasteiger partial charge is 0.104 e. The van der Waals surface area contributed by atoms with E-state index in [4.69, 9.17) is 5.11 Å². The zero-order valence-electron chi connectivity index (χ0n) is 11.9. The van der Waals surface area contributed by atoms with Crippen molar-refractivity contribution in [3.8, 4) is 11.8 Å². The highest BCUT2D eigenvalue weighted by atomic mass is 32.1. The highest BCUT2D eigenvalue weighted by Crippen LogP contribution is 2.25. The molecule has 1 N–H and O–H groups in total. The molecular formula is C15H23NOS. The minimum absolute atomic E-state index is 0.0752. The zero-order valence-corrected chi connectivity index (χ0v) is 12.8. The van der Waals surface area contributed by atoms with Gasteiger partial charge in [0.15, 0.2) is 0 Å². The highest BCUT2D eigenvalue weighted by Gasteiger charge is 2.23. The van der Waals surface area contributed by atoms with E-state index in [0.717, 1.165) is 11.4 Å². The summed E-state index contributed by atoms with van der Waals surface area (Å²) < 4.78 is 0. The summed E-state index contributed by atoms with van der Waals surface area (Å²) in [6.45, 7) is 9.93. The predicted molar refractivity (Wildman–Crippen MR) is 78.7 cm³/mol. The molecule has 1 atom stereocenters. The van der Waals surface area contributed by atoms with Gasteiger partial charge in [-0.25, -0.2) is 0 Å². The molecule has 0 radical (unpaired) electrons. The normalized spacial score (nSPS) is 13.3. The number of aliphatic hydroxyl groups is 1. The third-order valence-electron chi connectivity index (χ3n) is 3.27. The van der Waals surface area contributed by atoms with Gasteiger partial charge in [-0.3, -0.25) is 4.90 Å². The monoisotopic (exact) mass is 265 g/mol. The summed E-state index contributed by atoms with van der Waals surface area (Å²) in [5.74, 6) is 5.63. The van der Waals surface area contributed by atoms with E-state index in [2.05, 4.69) is 57.5 Å². The third kappa shape index (κ3) is 4.45. The molecule has 0 saturated heterocycles. The topological polar surface area (TPSA) is 23.5 Å². The van der Waals surface area contributed by atoms with Crippen LogP contribution in [-0.2, 0) is 6.54 Å². The highest BCUT2D eigenvalue weighted by molar-refractivity contribution is 7.12. The first kappa shape index (κ1) is 15.2. The molecule has 3 heteroatoms. The fourth-order valence-electron chi connectivity index (χ4n) is 1.70. The van der Waals surface area contributed by atoms with Gasteiger partial charge in [-0.1, -0.05) is 32.6 Å². The van der Waals surface area contributed by atoms with Gasteiger partial charge < -0.3 is 5.11 Å². The quantitative estimate of drug-likeness (QED) is 0.849. The summed E-state index contributed by atoms with van der Waals surface area (Å²) in [7, 11) is 2.16. The van der Waals surface area contributed by atoms with Crippen molar-refractivity contribution < 1.29 is 5.11 Å². The fraction of sp³-hybridized carbons (Fsp3) is 0.600. The summed E-state index contributed by atoms with van der Waals surface area (Å²) in [5, 5.41) is 8.66. The molecule has 0 aliphatic rings. The molecule has 2 nitrogen and oxygen atoms in total. The Morgan fingerprint density at radius 1 is 1.39 bits per heavy atom. The van der Waals surface area contributed by atoms with Crippen LogP contribution in [0.4, 0.5) is 0 Å². The molecule has 18 heavy (non-hydrogen) atoms. The van der Waals surface area contributed by atoms with Crippen molar-refractivity contribution in [2.24, 2.45) is 5.41 Å². The number of thiophene rings is 1. The van der Waals surface area contributed by atoms with Gasteiger partial charge in [0, 0.05) is 17.5 Å². The number of hydrogen-bond acceptors (Lipinski definition) is 3. The second kappa shape index (κ2) is 6.38. The second-order valence-electron chi connectivity index (χ2n) is 5.68. The summed E-state index contributed by atoms with van der Waals surface area (Å²) >= 11 is 1.70. The van der Waals surface area contributed by atoms with Crippen LogP contribution in [0.3, 0.4) is 0 Å². The largest absolute Gasteiger partial charge is 0.384 e. The molecule has 1 heterocycles. The van der Waals surface area contributed by atoms with Gasteiger partial charge in [0.1, 0.15) is 6.61 Å². The molecule has 1 aromatic rings. The van der Waals surface area contributed by atoms with Crippen molar-refractivity contribution in [2.45, 2.75) is 40.3 Å². The van der Waals surface area contributed by atoms with E-state index >= 15 is 0 Å². The van der Waals surface area contributed by atoms with Crippen LogP contribution in [0.1, 0.15) is 37.4 Å². The van der Waals surface area contributed by atoms with Crippen LogP contribution in [0.25, 0.3) is 0 Å². The van der Waals surface area contributed by atoms with Crippen molar-refractivity contribution in [3.05, 3.63) is 21.9 Å². The van der Waals surface area contributed by atoms with Crippen LogP contribution >= 0.6 is 11.3 Å². The van der Waals surface area contributed by atoms with E-state index in [1.807, 2.05) is 6.07 Å². The molecule has 0 amide bonds. The van der Waals surface area contributed by atoms with Crippen molar-refractivity contribution in [1.82, 2.24) is 4.90 Å². The van der Waals surface area contributed by atoms with E-state index < -0.39 is 0 Å². The van der Waals surface area contributed by atoms with Gasteiger partial charge in [0.2, 0.25) is 0 Å². The number of hydrogen-bond donors (Lipinski definition) is 1. The maximum absolute atomic E-state index is 8.66. The first-order valence-electron chi connectivity index (χ1n) is 6.23. The molecule has 1 rings (SSSR count). The van der Waals surface area contributed by atoms with Gasteiger partial charge in [-0.2, -0.15) is 0 Å². The van der Waals surface area contributed by atoms with E-state index in [1.54, 1.807) is 11.3 Å². The Balaban J connectivity index is 2.65. The molecule has 0 aromatic carbocycles. The maximum Gasteiger partial charge on any atom is 0.104 e. The summed E-state index contributed by atoms with van der Waals surface area (Å²) in [5.41, 5.74) is 0.283. The number of aliphatic hydroxyl groups excluding tert-OH is 1. The molecule has 0 bridgehead atoms. The maximum atomic E-state index is 8.66. The lowest BCUT2D eigenvalue weighted by Gasteiger charge is -2.35. The Hall–Kier alpha value is -0.820. The van der Waals surface area contributed by atoms with Crippen LogP contribution in [0.15, 0.2) is 12.1 Å². The minimum Gasteiger partial charge on any atom is -0.384 e. The van der Waals surface area contributed by atoms with E-state index in [1.165, 1.54) is 4.88 Å². The Labute approximate surface area is 115 Å². The van der Waals surface area contributed by atoms with Gasteiger partial charge in [0.25, 0.3) is 0 Å². The average molecular weight is 265 g/mol.